The summed E-state index contributed by atoms with van der Waals surface area (Å²) in [6.45, 7) is 3.90. The standard InChI is InChI=1S/C15H26N4O/c1-11(16)15(12-9-17-18(2)10-12)19-7-8-20-14-6-4-3-5-13(14)19/h9-11,13-15H,3-8,16H2,1-2H3. The Hall–Kier alpha value is -0.910. The average Bonchev–Trinajstić information content (AvgIpc) is 2.85. The number of nitrogens with two attached hydrogens (primary N) is 1. The number of aryl methyl sites for hydroxylation is 1. The molecule has 4 unspecified atom stereocenters. The van der Waals surface area contributed by atoms with Crippen molar-refractivity contribution in [3.63, 3.8) is 0 Å². The molecule has 0 bridgehead atoms. The van der Waals surface area contributed by atoms with E-state index in [-0.39, 0.29) is 12.1 Å². The molecule has 5 heteroatoms. The molecule has 0 spiro atoms. The predicted octanol–water partition coefficient (Wildman–Crippen LogP) is 1.45. The Labute approximate surface area is 121 Å². The molecule has 0 radical (unpaired) electrons. The molecule has 1 aromatic rings. The summed E-state index contributed by atoms with van der Waals surface area (Å²) < 4.78 is 7.84. The van der Waals surface area contributed by atoms with Gasteiger partial charge in [-0.05, 0) is 19.8 Å². The minimum absolute atomic E-state index is 0.0971. The molecular formula is C15H26N4O. The largest absolute Gasteiger partial charge is 0.375 e. The molecule has 1 aliphatic heterocycles. The molecule has 20 heavy (non-hydrogen) atoms. The second kappa shape index (κ2) is 5.84. The first-order valence-corrected chi connectivity index (χ1v) is 7.78. The van der Waals surface area contributed by atoms with E-state index in [2.05, 4.69) is 23.1 Å². The summed E-state index contributed by atoms with van der Waals surface area (Å²) in [4.78, 5) is 2.58. The second-order valence-corrected chi connectivity index (χ2v) is 6.25. The molecule has 2 N–H and O–H groups in total. The third kappa shape index (κ3) is 2.62. The molecule has 5 nitrogen and oxygen atoms in total. The molecule has 112 valence electrons. The van der Waals surface area contributed by atoms with Gasteiger partial charge in [-0.2, -0.15) is 5.10 Å². The van der Waals surface area contributed by atoms with E-state index < -0.39 is 0 Å². The van der Waals surface area contributed by atoms with Crippen LogP contribution in [0.25, 0.3) is 0 Å². The van der Waals surface area contributed by atoms with Crippen molar-refractivity contribution < 1.29 is 4.74 Å². The number of hydrogen-bond donors (Lipinski definition) is 1. The van der Waals surface area contributed by atoms with Crippen LogP contribution in [0, 0.1) is 0 Å². The van der Waals surface area contributed by atoms with E-state index in [1.807, 2.05) is 17.9 Å². The topological polar surface area (TPSA) is 56.3 Å². The molecule has 4 atom stereocenters. The molecular weight excluding hydrogens is 252 g/mol. The van der Waals surface area contributed by atoms with Crippen LogP contribution in [-0.4, -0.2) is 46.0 Å². The van der Waals surface area contributed by atoms with Crippen LogP contribution < -0.4 is 5.73 Å². The molecule has 2 aliphatic rings. The number of fused-ring (bicyclic) bond motifs is 1. The van der Waals surface area contributed by atoms with Crippen molar-refractivity contribution in [1.29, 1.82) is 0 Å². The smallest absolute Gasteiger partial charge is 0.0731 e. The molecule has 3 rings (SSSR count). The summed E-state index contributed by atoms with van der Waals surface area (Å²) in [7, 11) is 1.96. The fourth-order valence-corrected chi connectivity index (χ4v) is 3.86. The number of morpholine rings is 1. The maximum Gasteiger partial charge on any atom is 0.0731 e. The van der Waals surface area contributed by atoms with Gasteiger partial charge in [-0.3, -0.25) is 9.58 Å². The van der Waals surface area contributed by atoms with Crippen molar-refractivity contribution in [3.05, 3.63) is 18.0 Å². The predicted molar refractivity (Wildman–Crippen MR) is 78.3 cm³/mol. The highest BCUT2D eigenvalue weighted by atomic mass is 16.5. The van der Waals surface area contributed by atoms with E-state index >= 15 is 0 Å². The van der Waals surface area contributed by atoms with Crippen LogP contribution in [-0.2, 0) is 11.8 Å². The minimum Gasteiger partial charge on any atom is -0.375 e. The van der Waals surface area contributed by atoms with Gasteiger partial charge in [0.1, 0.15) is 0 Å². The summed E-state index contributed by atoms with van der Waals surface area (Å²) in [5.41, 5.74) is 7.54. The third-order valence-corrected chi connectivity index (χ3v) is 4.70. The van der Waals surface area contributed by atoms with Crippen molar-refractivity contribution in [3.8, 4) is 0 Å². The van der Waals surface area contributed by atoms with Gasteiger partial charge in [0, 0.05) is 37.4 Å². The fourth-order valence-electron chi connectivity index (χ4n) is 3.86. The second-order valence-electron chi connectivity index (χ2n) is 6.25. The van der Waals surface area contributed by atoms with Crippen LogP contribution in [0.1, 0.15) is 44.2 Å². The van der Waals surface area contributed by atoms with Gasteiger partial charge >= 0.3 is 0 Å². The first-order valence-electron chi connectivity index (χ1n) is 7.78. The van der Waals surface area contributed by atoms with Gasteiger partial charge in [-0.25, -0.2) is 0 Å². The summed E-state index contributed by atoms with van der Waals surface area (Å²) in [6, 6.07) is 0.867. The van der Waals surface area contributed by atoms with Gasteiger partial charge < -0.3 is 10.5 Å². The molecule has 2 heterocycles. The van der Waals surface area contributed by atoms with Gasteiger partial charge in [-0.1, -0.05) is 12.8 Å². The summed E-state index contributed by atoms with van der Waals surface area (Å²) >= 11 is 0. The zero-order chi connectivity index (χ0) is 14.1. The Bertz CT molecular complexity index is 443. The molecule has 1 aliphatic carbocycles. The monoisotopic (exact) mass is 278 g/mol. The maximum atomic E-state index is 6.31. The molecule has 1 aromatic heterocycles. The van der Waals surface area contributed by atoms with Crippen molar-refractivity contribution in [2.75, 3.05) is 13.2 Å². The number of nitrogens with zero attached hydrogens (tertiary/aromatic N) is 3. The van der Waals surface area contributed by atoms with E-state index in [1.54, 1.807) is 0 Å². The number of ether oxygens (including phenoxy) is 1. The van der Waals surface area contributed by atoms with Crippen LogP contribution in [0.3, 0.4) is 0 Å². The van der Waals surface area contributed by atoms with E-state index in [4.69, 9.17) is 10.5 Å². The van der Waals surface area contributed by atoms with Gasteiger partial charge in [0.05, 0.1) is 24.9 Å². The molecule has 2 fully saturated rings. The first kappa shape index (κ1) is 14.0. The van der Waals surface area contributed by atoms with E-state index in [0.717, 1.165) is 13.2 Å². The van der Waals surface area contributed by atoms with Crippen LogP contribution in [0.5, 0.6) is 0 Å². The lowest BCUT2D eigenvalue weighted by Crippen LogP contribution is -2.56. The Kier molecular flexibility index (Phi) is 4.10. The Morgan fingerprint density at radius 3 is 2.90 bits per heavy atom. The Balaban J connectivity index is 1.86. The average molecular weight is 278 g/mol. The molecule has 1 saturated heterocycles. The Morgan fingerprint density at radius 2 is 2.20 bits per heavy atom. The van der Waals surface area contributed by atoms with Gasteiger partial charge in [0.15, 0.2) is 0 Å². The first-order chi connectivity index (χ1) is 9.66. The van der Waals surface area contributed by atoms with E-state index in [0.29, 0.717) is 12.1 Å². The highest BCUT2D eigenvalue weighted by molar-refractivity contribution is 5.14. The lowest BCUT2D eigenvalue weighted by molar-refractivity contribution is -0.106. The summed E-state index contributed by atoms with van der Waals surface area (Å²) in [6.07, 6.45) is 9.48. The lowest BCUT2D eigenvalue weighted by Gasteiger charge is -2.48. The van der Waals surface area contributed by atoms with Crippen LogP contribution in [0.2, 0.25) is 0 Å². The lowest BCUT2D eigenvalue weighted by atomic mass is 9.87. The summed E-state index contributed by atoms with van der Waals surface area (Å²) in [5.74, 6) is 0. The van der Waals surface area contributed by atoms with E-state index in [9.17, 15) is 0 Å². The number of aromatic nitrogens is 2. The van der Waals surface area contributed by atoms with Crippen LogP contribution >= 0.6 is 0 Å². The molecule has 0 aromatic carbocycles. The molecule has 0 amide bonds. The SMILES string of the molecule is CC(N)C(c1cnn(C)c1)N1CCOC2CCCCC21. The minimum atomic E-state index is 0.0971. The third-order valence-electron chi connectivity index (χ3n) is 4.70. The van der Waals surface area contributed by atoms with Crippen molar-refractivity contribution in [1.82, 2.24) is 14.7 Å². The van der Waals surface area contributed by atoms with Gasteiger partial charge in [0.25, 0.3) is 0 Å². The fraction of sp³-hybridized carbons (Fsp3) is 0.800. The van der Waals surface area contributed by atoms with Crippen molar-refractivity contribution in [2.24, 2.45) is 12.8 Å². The maximum absolute atomic E-state index is 6.31. The zero-order valence-electron chi connectivity index (χ0n) is 12.5. The Morgan fingerprint density at radius 1 is 1.40 bits per heavy atom. The van der Waals surface area contributed by atoms with Gasteiger partial charge in [-0.15, -0.1) is 0 Å². The van der Waals surface area contributed by atoms with E-state index in [1.165, 1.54) is 31.2 Å². The van der Waals surface area contributed by atoms with Crippen LogP contribution in [0.4, 0.5) is 0 Å². The normalized spacial score (nSPS) is 30.8. The molecule has 1 saturated carbocycles. The number of hydrogen-bond acceptors (Lipinski definition) is 4. The number of rotatable bonds is 3. The van der Waals surface area contributed by atoms with Gasteiger partial charge in [0.2, 0.25) is 0 Å². The van der Waals surface area contributed by atoms with Crippen molar-refractivity contribution >= 4 is 0 Å². The van der Waals surface area contributed by atoms with Crippen LogP contribution in [0.15, 0.2) is 12.4 Å². The highest BCUT2D eigenvalue weighted by Crippen LogP contribution is 2.35. The summed E-state index contributed by atoms with van der Waals surface area (Å²) in [5, 5.41) is 4.32. The van der Waals surface area contributed by atoms with Crippen molar-refractivity contribution in [2.45, 2.75) is 56.8 Å². The highest BCUT2D eigenvalue weighted by Gasteiger charge is 2.39. The quantitative estimate of drug-likeness (QED) is 0.909. The zero-order valence-corrected chi connectivity index (χ0v) is 12.5.